The molecule has 0 bridgehead atoms. The zero-order valence-corrected chi connectivity index (χ0v) is 17.3. The number of ether oxygens (including phenoxy) is 1. The minimum Gasteiger partial charge on any atom is -0.496 e. The Morgan fingerprint density at radius 2 is 1.78 bits per heavy atom. The van der Waals surface area contributed by atoms with Gasteiger partial charge in [0.05, 0.1) is 48.9 Å². The van der Waals surface area contributed by atoms with Crippen molar-refractivity contribution < 1.29 is 23.0 Å². The Hall–Kier alpha value is -3.65. The number of pyridine rings is 1. The van der Waals surface area contributed by atoms with Crippen molar-refractivity contribution in [1.82, 2.24) is 14.5 Å². The maximum atomic E-state index is 13.5. The molecule has 0 fully saturated rings. The molecule has 0 spiro atoms. The quantitative estimate of drug-likeness (QED) is 0.435. The Morgan fingerprint density at radius 1 is 1.00 bits per heavy atom. The molecule has 164 valence electrons. The van der Waals surface area contributed by atoms with E-state index in [2.05, 4.69) is 9.97 Å². The average Bonchev–Trinajstić information content (AvgIpc) is 3.28. The summed E-state index contributed by atoms with van der Waals surface area (Å²) in [5.74, 6) is 0.650. The summed E-state index contributed by atoms with van der Waals surface area (Å²) in [6, 6.07) is 12.8. The van der Waals surface area contributed by atoms with Crippen LogP contribution in [0.2, 0.25) is 0 Å². The number of aliphatic hydroxyl groups excluding tert-OH is 1. The molecule has 1 atom stereocenters. The van der Waals surface area contributed by atoms with Crippen molar-refractivity contribution in [3.63, 3.8) is 0 Å². The number of benzene rings is 2. The lowest BCUT2D eigenvalue weighted by Gasteiger charge is -2.17. The lowest BCUT2D eigenvalue weighted by molar-refractivity contribution is -0.137. The van der Waals surface area contributed by atoms with E-state index in [1.54, 1.807) is 24.1 Å². The summed E-state index contributed by atoms with van der Waals surface area (Å²) in [4.78, 5) is 8.39. The number of alkyl halides is 3. The molecule has 32 heavy (non-hydrogen) atoms. The van der Waals surface area contributed by atoms with Gasteiger partial charge in [-0.05, 0) is 42.8 Å². The van der Waals surface area contributed by atoms with Crippen LogP contribution in [0.4, 0.5) is 13.2 Å². The molecule has 5 nitrogen and oxygen atoms in total. The van der Waals surface area contributed by atoms with Crippen LogP contribution >= 0.6 is 0 Å². The number of hydrogen-bond acceptors (Lipinski definition) is 4. The highest BCUT2D eigenvalue weighted by Gasteiger charge is 2.32. The molecule has 2 aromatic heterocycles. The Morgan fingerprint density at radius 3 is 2.50 bits per heavy atom. The van der Waals surface area contributed by atoms with Gasteiger partial charge in [0, 0.05) is 22.9 Å². The van der Waals surface area contributed by atoms with E-state index in [4.69, 9.17) is 4.74 Å². The Bertz CT molecular complexity index is 1250. The zero-order valence-electron chi connectivity index (χ0n) is 17.3. The second kappa shape index (κ2) is 8.47. The van der Waals surface area contributed by atoms with Crippen molar-refractivity contribution in [2.75, 3.05) is 7.11 Å². The summed E-state index contributed by atoms with van der Waals surface area (Å²) in [5.41, 5.74) is 2.25. The fraction of sp³-hybridized carbons (Fsp3) is 0.167. The highest BCUT2D eigenvalue weighted by atomic mass is 19.4. The predicted molar refractivity (Wildman–Crippen MR) is 114 cm³/mol. The van der Waals surface area contributed by atoms with Crippen LogP contribution in [0, 0.1) is 0 Å². The maximum Gasteiger partial charge on any atom is 0.416 e. The minimum atomic E-state index is -4.55. The van der Waals surface area contributed by atoms with Crippen molar-refractivity contribution in [3.05, 3.63) is 84.6 Å². The van der Waals surface area contributed by atoms with Crippen LogP contribution in [0.5, 0.6) is 5.75 Å². The third-order valence-corrected chi connectivity index (χ3v) is 5.16. The fourth-order valence-corrected chi connectivity index (χ4v) is 3.58. The summed E-state index contributed by atoms with van der Waals surface area (Å²) in [6.07, 6.45) is 0.651. The molecule has 4 aromatic rings. The van der Waals surface area contributed by atoms with Crippen LogP contribution in [0.1, 0.15) is 24.2 Å². The summed E-state index contributed by atoms with van der Waals surface area (Å²) >= 11 is 0. The number of rotatable bonds is 5. The van der Waals surface area contributed by atoms with Gasteiger partial charge in [-0.1, -0.05) is 18.2 Å². The molecule has 1 N–H and O–H groups in total. The smallest absolute Gasteiger partial charge is 0.416 e. The van der Waals surface area contributed by atoms with Crippen LogP contribution in [-0.4, -0.2) is 26.8 Å². The minimum absolute atomic E-state index is 0.165. The van der Waals surface area contributed by atoms with Gasteiger partial charge in [0.2, 0.25) is 0 Å². The van der Waals surface area contributed by atoms with Crippen molar-refractivity contribution >= 4 is 0 Å². The van der Waals surface area contributed by atoms with E-state index in [9.17, 15) is 18.3 Å². The number of methoxy groups -OCH3 is 1. The van der Waals surface area contributed by atoms with Crippen molar-refractivity contribution in [3.8, 4) is 33.8 Å². The second-order valence-corrected chi connectivity index (χ2v) is 7.26. The Balaban J connectivity index is 1.92. The number of nitrogens with zero attached hydrogens (tertiary/aromatic N) is 3. The van der Waals surface area contributed by atoms with E-state index >= 15 is 0 Å². The molecule has 0 saturated heterocycles. The first-order valence-corrected chi connectivity index (χ1v) is 9.80. The third-order valence-electron chi connectivity index (χ3n) is 5.16. The highest BCUT2D eigenvalue weighted by molar-refractivity contribution is 5.79. The molecule has 0 aliphatic carbocycles. The van der Waals surface area contributed by atoms with Crippen LogP contribution in [0.3, 0.4) is 0 Å². The Kier molecular flexibility index (Phi) is 5.71. The van der Waals surface area contributed by atoms with Crippen molar-refractivity contribution in [2.24, 2.45) is 0 Å². The van der Waals surface area contributed by atoms with Gasteiger partial charge in [0.25, 0.3) is 0 Å². The molecule has 2 heterocycles. The zero-order chi connectivity index (χ0) is 22.9. The van der Waals surface area contributed by atoms with Crippen molar-refractivity contribution in [2.45, 2.75) is 19.2 Å². The molecule has 0 aliphatic heterocycles. The van der Waals surface area contributed by atoms with Crippen LogP contribution in [-0.2, 0) is 6.18 Å². The van der Waals surface area contributed by atoms with Gasteiger partial charge in [-0.25, -0.2) is 4.98 Å². The number of para-hydroxylation sites is 1. The number of hydrogen-bond donors (Lipinski definition) is 1. The highest BCUT2D eigenvalue weighted by Crippen LogP contribution is 2.38. The molecule has 8 heteroatoms. The lowest BCUT2D eigenvalue weighted by atomic mass is 10.00. The van der Waals surface area contributed by atoms with E-state index in [0.717, 1.165) is 23.3 Å². The molecule has 0 radical (unpaired) electrons. The monoisotopic (exact) mass is 439 g/mol. The number of aliphatic hydroxyl groups is 1. The van der Waals surface area contributed by atoms with E-state index in [1.807, 2.05) is 30.3 Å². The van der Waals surface area contributed by atoms with Crippen molar-refractivity contribution in [1.29, 1.82) is 0 Å². The van der Waals surface area contributed by atoms with Gasteiger partial charge in [-0.2, -0.15) is 13.2 Å². The molecular formula is C24H20F3N3O2. The van der Waals surface area contributed by atoms with E-state index in [0.29, 0.717) is 17.1 Å². The summed E-state index contributed by atoms with van der Waals surface area (Å²) < 4.78 is 47.7. The summed E-state index contributed by atoms with van der Waals surface area (Å²) in [7, 11) is 1.57. The number of aromatic nitrogens is 3. The first kappa shape index (κ1) is 21.6. The van der Waals surface area contributed by atoms with Gasteiger partial charge >= 0.3 is 6.18 Å². The van der Waals surface area contributed by atoms with Gasteiger partial charge in [-0.15, -0.1) is 0 Å². The topological polar surface area (TPSA) is 60.2 Å². The molecule has 2 aromatic carbocycles. The molecule has 0 saturated carbocycles. The number of halogens is 3. The molecule has 0 aliphatic rings. The lowest BCUT2D eigenvalue weighted by Crippen LogP contribution is -2.08. The van der Waals surface area contributed by atoms with Crippen LogP contribution in [0.15, 0.2) is 73.4 Å². The standard InChI is InChI=1S/C24H20F3N3O2/c1-15(31)16-9-17(11-18(10-16)24(25,26)27)21-12-29-14-30(21)22-13-28-8-7-19(22)20-5-3-4-6-23(20)32-2/h3-15,31H,1-2H3. The van der Waals surface area contributed by atoms with Crippen LogP contribution < -0.4 is 4.74 Å². The molecule has 1 unspecified atom stereocenters. The van der Waals surface area contributed by atoms with Crippen LogP contribution in [0.25, 0.3) is 28.1 Å². The molecule has 4 rings (SSSR count). The Labute approximate surface area is 182 Å². The van der Waals surface area contributed by atoms with Gasteiger partial charge in [0.15, 0.2) is 0 Å². The first-order valence-electron chi connectivity index (χ1n) is 9.80. The number of imidazole rings is 1. The average molecular weight is 439 g/mol. The van der Waals surface area contributed by atoms with E-state index in [-0.39, 0.29) is 11.1 Å². The van der Waals surface area contributed by atoms with Gasteiger partial charge in [0.1, 0.15) is 5.75 Å². The molecular weight excluding hydrogens is 419 g/mol. The first-order chi connectivity index (χ1) is 15.3. The SMILES string of the molecule is COc1ccccc1-c1ccncc1-n1cncc1-c1cc(C(C)O)cc(C(F)(F)F)c1. The third kappa shape index (κ3) is 4.09. The molecule has 0 amide bonds. The second-order valence-electron chi connectivity index (χ2n) is 7.26. The van der Waals surface area contributed by atoms with E-state index in [1.165, 1.54) is 25.5 Å². The van der Waals surface area contributed by atoms with Gasteiger partial charge < -0.3 is 9.84 Å². The fourth-order valence-electron chi connectivity index (χ4n) is 3.58. The normalized spacial score (nSPS) is 12.6. The maximum absolute atomic E-state index is 13.5. The van der Waals surface area contributed by atoms with E-state index < -0.39 is 17.8 Å². The van der Waals surface area contributed by atoms with Gasteiger partial charge in [-0.3, -0.25) is 9.55 Å². The summed E-state index contributed by atoms with van der Waals surface area (Å²) in [5, 5.41) is 9.96. The summed E-state index contributed by atoms with van der Waals surface area (Å²) in [6.45, 7) is 1.43. The largest absolute Gasteiger partial charge is 0.496 e. The predicted octanol–water partition coefficient (Wildman–Crippen LogP) is 5.68.